The van der Waals surface area contributed by atoms with Crippen molar-refractivity contribution in [2.75, 3.05) is 6.61 Å². The van der Waals surface area contributed by atoms with Crippen LogP contribution in [0.2, 0.25) is 0 Å². The molecule has 5 heterocycles. The predicted octanol–water partition coefficient (Wildman–Crippen LogP) is 7.25. The third-order valence-corrected chi connectivity index (χ3v) is 12.8. The Kier molecular flexibility index (Phi) is 9.71. The first-order valence-electron chi connectivity index (χ1n) is 20.1. The maximum Gasteiger partial charge on any atom is 0.308 e. The quantitative estimate of drug-likeness (QED) is 0.143. The Bertz CT molecular complexity index is 2300. The number of fused-ring (bicyclic) bond motifs is 2. The molecule has 2 aromatic heterocycles. The molecule has 57 heavy (non-hydrogen) atoms. The summed E-state index contributed by atoms with van der Waals surface area (Å²) in [5.74, 6) is -1.94. The van der Waals surface area contributed by atoms with Crippen molar-refractivity contribution in [1.82, 2.24) is 20.0 Å². The molecule has 12 nitrogen and oxygen atoms in total. The van der Waals surface area contributed by atoms with Crippen LogP contribution >= 0.6 is 0 Å². The van der Waals surface area contributed by atoms with Crippen LogP contribution in [0.4, 0.5) is 0 Å². The van der Waals surface area contributed by atoms with Gasteiger partial charge in [-0.3, -0.25) is 14.6 Å². The molecule has 4 fully saturated rings. The Morgan fingerprint density at radius 1 is 0.912 bits per heavy atom. The lowest BCUT2D eigenvalue weighted by atomic mass is 9.57. The van der Waals surface area contributed by atoms with E-state index < -0.39 is 42.0 Å². The predicted molar refractivity (Wildman–Crippen MR) is 210 cm³/mol. The third kappa shape index (κ3) is 6.62. The summed E-state index contributed by atoms with van der Waals surface area (Å²) < 4.78 is 32.0. The van der Waals surface area contributed by atoms with Gasteiger partial charge in [0.15, 0.2) is 12.1 Å². The molecule has 3 aliphatic heterocycles. The molecule has 2 bridgehead atoms. The zero-order chi connectivity index (χ0) is 39.5. The molecule has 1 N–H and O–H groups in total. The van der Waals surface area contributed by atoms with Crippen molar-refractivity contribution in [3.63, 3.8) is 0 Å². The summed E-state index contributed by atoms with van der Waals surface area (Å²) in [4.78, 5) is 30.8. The van der Waals surface area contributed by atoms with E-state index in [0.717, 1.165) is 57.3 Å². The van der Waals surface area contributed by atoms with Gasteiger partial charge < -0.3 is 28.8 Å². The Morgan fingerprint density at radius 3 is 2.42 bits per heavy atom. The van der Waals surface area contributed by atoms with Crippen LogP contribution in [0, 0.1) is 30.6 Å². The maximum atomic E-state index is 13.0. The number of hydrogen-bond donors (Lipinski definition) is 1. The van der Waals surface area contributed by atoms with Gasteiger partial charge >= 0.3 is 11.9 Å². The number of pyridine rings is 1. The summed E-state index contributed by atoms with van der Waals surface area (Å²) in [6.07, 6.45) is 1.61. The minimum atomic E-state index is -1.17. The number of nitrogens with zero attached hydrogens (tertiary/aromatic N) is 4. The molecular formula is C45H48N4O8. The van der Waals surface area contributed by atoms with E-state index in [2.05, 4.69) is 53.6 Å². The van der Waals surface area contributed by atoms with Crippen molar-refractivity contribution in [3.8, 4) is 33.6 Å². The topological polar surface area (TPSA) is 144 Å². The molecule has 9 atom stereocenters. The fourth-order valence-electron chi connectivity index (χ4n) is 9.81. The number of benzene rings is 3. The zero-order valence-electron chi connectivity index (χ0n) is 32.7. The van der Waals surface area contributed by atoms with E-state index in [1.54, 1.807) is 11.6 Å². The fourth-order valence-corrected chi connectivity index (χ4v) is 9.81. The van der Waals surface area contributed by atoms with Gasteiger partial charge in [-0.25, -0.2) is 4.68 Å². The molecule has 1 saturated carbocycles. The van der Waals surface area contributed by atoms with Crippen LogP contribution in [0.5, 0.6) is 0 Å². The second-order valence-electron chi connectivity index (χ2n) is 16.3. The molecule has 1 spiro atoms. The molecule has 1 aliphatic carbocycles. The van der Waals surface area contributed by atoms with Gasteiger partial charge in [-0.15, -0.1) is 5.10 Å². The van der Waals surface area contributed by atoms with Crippen molar-refractivity contribution in [2.24, 2.45) is 23.7 Å². The number of carbonyl (C=O) groups excluding carboxylic acids is 2. The van der Waals surface area contributed by atoms with Crippen molar-refractivity contribution < 1.29 is 38.4 Å². The summed E-state index contributed by atoms with van der Waals surface area (Å²) >= 11 is 0. The molecule has 9 rings (SSSR count). The Labute approximate surface area is 331 Å². The molecule has 4 aliphatic rings. The Hall–Kier alpha value is -5.01. The first kappa shape index (κ1) is 37.6. The third-order valence-electron chi connectivity index (χ3n) is 12.8. The highest BCUT2D eigenvalue weighted by molar-refractivity contribution is 6.05. The lowest BCUT2D eigenvalue weighted by Gasteiger charge is -2.58. The number of carbonyl (C=O) groups is 2. The van der Waals surface area contributed by atoms with Crippen LogP contribution in [-0.4, -0.2) is 73.7 Å². The summed E-state index contributed by atoms with van der Waals surface area (Å²) in [5.41, 5.74) is 5.92. The Balaban J connectivity index is 0.817. The summed E-state index contributed by atoms with van der Waals surface area (Å²) in [6, 6.07) is 26.7. The second-order valence-corrected chi connectivity index (χ2v) is 16.3. The SMILES string of the molecule is Cc1nc(-c2ccccc2)c(-c2ccccc2)c2cc(-c3cn(CCOC(=O)CCC(=O)O[C@@H]4O[C@@H]5O[C@]6(C)O[C@]57[C@@H](CC[C@@H](C)[C@@H]7C[C@H]6O)[C@H]4C)nn3)ccc12. The molecular weight excluding hydrogens is 725 g/mol. The van der Waals surface area contributed by atoms with Crippen LogP contribution in [0.1, 0.15) is 58.6 Å². The van der Waals surface area contributed by atoms with Crippen LogP contribution in [0.15, 0.2) is 85.1 Å². The minimum Gasteiger partial charge on any atom is -0.464 e. The molecule has 0 amide bonds. The largest absolute Gasteiger partial charge is 0.464 e. The van der Waals surface area contributed by atoms with E-state index in [0.29, 0.717) is 24.6 Å². The smallest absolute Gasteiger partial charge is 0.308 e. The van der Waals surface area contributed by atoms with Gasteiger partial charge in [0.25, 0.3) is 0 Å². The van der Waals surface area contributed by atoms with Crippen molar-refractivity contribution in [2.45, 2.75) is 96.4 Å². The molecule has 3 aromatic carbocycles. The van der Waals surface area contributed by atoms with Gasteiger partial charge in [0.2, 0.25) is 6.29 Å². The van der Waals surface area contributed by atoms with Crippen LogP contribution in [-0.2, 0) is 39.8 Å². The number of esters is 2. The van der Waals surface area contributed by atoms with E-state index in [9.17, 15) is 14.7 Å². The zero-order valence-corrected chi connectivity index (χ0v) is 32.7. The van der Waals surface area contributed by atoms with E-state index in [1.165, 1.54) is 0 Å². The molecule has 12 heteroatoms. The highest BCUT2D eigenvalue weighted by Crippen LogP contribution is 2.63. The lowest BCUT2D eigenvalue weighted by molar-refractivity contribution is -0.332. The number of ether oxygens (including phenoxy) is 5. The van der Waals surface area contributed by atoms with E-state index >= 15 is 0 Å². The summed E-state index contributed by atoms with van der Waals surface area (Å²) in [6.45, 7) is 8.35. The lowest BCUT2D eigenvalue weighted by Crippen LogP contribution is -2.67. The average Bonchev–Trinajstić information content (AvgIpc) is 3.79. The van der Waals surface area contributed by atoms with Crippen molar-refractivity contribution in [1.29, 1.82) is 0 Å². The van der Waals surface area contributed by atoms with Gasteiger partial charge in [-0.2, -0.15) is 0 Å². The van der Waals surface area contributed by atoms with Crippen molar-refractivity contribution >= 4 is 22.7 Å². The second kappa shape index (κ2) is 14.7. The molecule has 0 unspecified atom stereocenters. The first-order valence-corrected chi connectivity index (χ1v) is 20.1. The van der Waals surface area contributed by atoms with E-state index in [-0.39, 0.29) is 37.2 Å². The standard InChI is InChI=1S/C45H48N4O8/c1-26-15-18-34-27(2)42(55-43-45(34)35(26)24-37(50)44(4,56-43)57-45)54-39(52)20-19-38(51)53-22-21-49-25-36(47-48-49)31-16-17-32-28(3)46-41(30-13-9-6-10-14-30)40(33(32)23-31)29-11-7-5-8-12-29/h5-14,16-17,23,25-27,34-35,37,42-43,50H,15,18-22,24H2,1-4H3/t26-,27-,34+,35+,37-,42-,43-,44-,45+/m1/s1. The Morgan fingerprint density at radius 2 is 1.65 bits per heavy atom. The summed E-state index contributed by atoms with van der Waals surface area (Å²) in [7, 11) is 0. The number of aliphatic hydroxyl groups is 1. The molecule has 296 valence electrons. The van der Waals surface area contributed by atoms with Crippen LogP contribution in [0.3, 0.4) is 0 Å². The first-order chi connectivity index (χ1) is 27.5. The number of aliphatic hydroxyl groups excluding tert-OH is 1. The average molecular weight is 773 g/mol. The van der Waals surface area contributed by atoms with E-state index in [4.69, 9.17) is 28.7 Å². The highest BCUT2D eigenvalue weighted by atomic mass is 16.9. The summed E-state index contributed by atoms with van der Waals surface area (Å²) in [5, 5.41) is 21.7. The molecule has 5 aromatic rings. The fraction of sp³-hybridized carbons (Fsp3) is 0.444. The van der Waals surface area contributed by atoms with Gasteiger partial charge in [0.1, 0.15) is 24.0 Å². The number of hydrogen-bond acceptors (Lipinski definition) is 11. The highest BCUT2D eigenvalue weighted by Gasteiger charge is 2.74. The van der Waals surface area contributed by atoms with Crippen LogP contribution in [0.25, 0.3) is 44.4 Å². The van der Waals surface area contributed by atoms with Gasteiger partial charge in [-0.05, 0) is 62.0 Å². The molecule has 0 radical (unpaired) electrons. The normalized spacial score (nSPS) is 30.2. The van der Waals surface area contributed by atoms with Gasteiger partial charge in [0, 0.05) is 39.6 Å². The van der Waals surface area contributed by atoms with Crippen molar-refractivity contribution in [3.05, 3.63) is 90.8 Å². The van der Waals surface area contributed by atoms with E-state index in [1.807, 2.05) is 62.5 Å². The number of rotatable bonds is 10. The van der Waals surface area contributed by atoms with Gasteiger partial charge in [-0.1, -0.05) is 91.9 Å². The molecule has 3 saturated heterocycles. The number of aromatic nitrogens is 4. The van der Waals surface area contributed by atoms with Gasteiger partial charge in [0.05, 0.1) is 31.3 Å². The maximum absolute atomic E-state index is 13.0. The monoisotopic (exact) mass is 772 g/mol. The number of aryl methyl sites for hydroxylation is 1. The minimum absolute atomic E-state index is 0.0360. The van der Waals surface area contributed by atoms with Crippen LogP contribution < -0.4 is 0 Å².